The van der Waals surface area contributed by atoms with Crippen molar-refractivity contribution in [1.82, 2.24) is 5.32 Å². The molecule has 0 saturated carbocycles. The number of rotatable bonds is 5. The largest absolute Gasteiger partial charge is 0.480 e. The van der Waals surface area contributed by atoms with Crippen LogP contribution in [0.4, 0.5) is 0 Å². The average Bonchev–Trinajstić information content (AvgIpc) is 2.57. The van der Waals surface area contributed by atoms with Crippen molar-refractivity contribution in [1.29, 1.82) is 0 Å². The topological polar surface area (TPSA) is 83.5 Å². The van der Waals surface area contributed by atoms with Crippen molar-refractivity contribution in [2.75, 3.05) is 11.5 Å². The zero-order valence-corrected chi connectivity index (χ0v) is 10.3. The van der Waals surface area contributed by atoms with Gasteiger partial charge in [0.05, 0.1) is 4.58 Å². The first kappa shape index (κ1) is 13.2. The van der Waals surface area contributed by atoms with Crippen LogP contribution in [0.2, 0.25) is 0 Å². The number of thioether (sulfide) groups is 1. The minimum atomic E-state index is -1.07. The number of carboxylic acids is 1. The van der Waals surface area contributed by atoms with Crippen LogP contribution in [0.3, 0.4) is 0 Å². The molecule has 0 fully saturated rings. The van der Waals surface area contributed by atoms with E-state index in [9.17, 15) is 13.8 Å². The molecule has 7 heteroatoms. The molecule has 0 aliphatic carbocycles. The van der Waals surface area contributed by atoms with Gasteiger partial charge in [-0.15, -0.1) is 11.8 Å². The molecular weight excluding hydrogens is 250 g/mol. The molecule has 1 amide bonds. The first-order valence-electron chi connectivity index (χ1n) is 4.66. The van der Waals surface area contributed by atoms with Crippen molar-refractivity contribution >= 4 is 34.4 Å². The standard InChI is InChI=1S/C9H13NO4S2/c1-6(11)10-7(9(12)13)5-15-8-3-2-4-16(8)14/h2-3,7-8H,4-5H2,1H3,(H,10,11)(H,12,13)/t7-,8-,16+/m0/s1. The monoisotopic (exact) mass is 263 g/mol. The summed E-state index contributed by atoms with van der Waals surface area (Å²) in [5.41, 5.74) is 0. The molecule has 0 radical (unpaired) electrons. The number of carbonyl (C=O) groups is 2. The Morgan fingerprint density at radius 1 is 1.69 bits per heavy atom. The summed E-state index contributed by atoms with van der Waals surface area (Å²) >= 11 is 1.29. The fourth-order valence-corrected chi connectivity index (χ4v) is 3.87. The maximum absolute atomic E-state index is 11.4. The molecule has 5 nitrogen and oxygen atoms in total. The van der Waals surface area contributed by atoms with Gasteiger partial charge in [0, 0.05) is 29.2 Å². The highest BCUT2D eigenvalue weighted by atomic mass is 32.2. The van der Waals surface area contributed by atoms with Crippen LogP contribution >= 0.6 is 11.8 Å². The fraction of sp³-hybridized carbons (Fsp3) is 0.556. The van der Waals surface area contributed by atoms with Crippen LogP contribution < -0.4 is 5.32 Å². The lowest BCUT2D eigenvalue weighted by molar-refractivity contribution is -0.140. The third-order valence-corrected chi connectivity index (χ3v) is 5.18. The van der Waals surface area contributed by atoms with Gasteiger partial charge in [0.1, 0.15) is 6.04 Å². The second-order valence-electron chi connectivity index (χ2n) is 3.27. The third-order valence-electron chi connectivity index (χ3n) is 1.92. The molecule has 0 unspecified atom stereocenters. The van der Waals surface area contributed by atoms with Gasteiger partial charge in [-0.05, 0) is 0 Å². The molecule has 0 spiro atoms. The predicted octanol–water partition coefficient (Wildman–Crippen LogP) is -0.0465. The van der Waals surface area contributed by atoms with E-state index in [0.717, 1.165) is 0 Å². The Kier molecular flexibility index (Phi) is 5.01. The lowest BCUT2D eigenvalue weighted by Crippen LogP contribution is -2.41. The van der Waals surface area contributed by atoms with Gasteiger partial charge in [-0.1, -0.05) is 12.2 Å². The minimum Gasteiger partial charge on any atom is -0.480 e. The van der Waals surface area contributed by atoms with E-state index in [2.05, 4.69) is 5.32 Å². The molecule has 0 aromatic rings. The van der Waals surface area contributed by atoms with Crippen LogP contribution in [0.5, 0.6) is 0 Å². The highest BCUT2D eigenvalue weighted by Crippen LogP contribution is 2.22. The highest BCUT2D eigenvalue weighted by Gasteiger charge is 2.23. The number of amides is 1. The summed E-state index contributed by atoms with van der Waals surface area (Å²) in [7, 11) is -0.957. The average molecular weight is 263 g/mol. The molecule has 1 aliphatic heterocycles. The Hall–Kier alpha value is -0.820. The molecule has 2 N–H and O–H groups in total. The van der Waals surface area contributed by atoms with Crippen molar-refractivity contribution in [2.45, 2.75) is 17.5 Å². The van der Waals surface area contributed by atoms with Crippen LogP contribution in [-0.4, -0.2) is 43.3 Å². The second kappa shape index (κ2) is 6.05. The van der Waals surface area contributed by atoms with E-state index in [4.69, 9.17) is 5.11 Å². The van der Waals surface area contributed by atoms with E-state index < -0.39 is 22.8 Å². The number of carboxylic acid groups (broad SMARTS) is 1. The summed E-state index contributed by atoms with van der Waals surface area (Å²) in [6.07, 6.45) is 3.63. The fourth-order valence-electron chi connectivity index (χ4n) is 1.19. The van der Waals surface area contributed by atoms with Crippen molar-refractivity contribution < 1.29 is 18.9 Å². The molecule has 16 heavy (non-hydrogen) atoms. The summed E-state index contributed by atoms with van der Waals surface area (Å²) in [6.45, 7) is 1.27. The van der Waals surface area contributed by atoms with Gasteiger partial charge in [0.15, 0.2) is 0 Å². The van der Waals surface area contributed by atoms with E-state index in [0.29, 0.717) is 5.75 Å². The Morgan fingerprint density at radius 2 is 2.38 bits per heavy atom. The van der Waals surface area contributed by atoms with Crippen LogP contribution in [0.25, 0.3) is 0 Å². The van der Waals surface area contributed by atoms with Gasteiger partial charge in [0.25, 0.3) is 0 Å². The SMILES string of the molecule is CC(=O)N[C@@H](CS[C@@H]1C=CC[S@]1=O)C(=O)O. The van der Waals surface area contributed by atoms with E-state index in [1.807, 2.05) is 12.2 Å². The Labute approximate surface area is 100 Å². The highest BCUT2D eigenvalue weighted by molar-refractivity contribution is 8.11. The molecular formula is C9H13NO4S2. The van der Waals surface area contributed by atoms with Crippen LogP contribution in [0.1, 0.15) is 6.92 Å². The van der Waals surface area contributed by atoms with E-state index in [-0.39, 0.29) is 16.2 Å². The summed E-state index contributed by atoms with van der Waals surface area (Å²) in [5, 5.41) is 11.2. The molecule has 0 bridgehead atoms. The first-order chi connectivity index (χ1) is 7.50. The Bertz CT molecular complexity index is 342. The first-order valence-corrected chi connectivity index (χ1v) is 7.09. The van der Waals surface area contributed by atoms with E-state index >= 15 is 0 Å². The van der Waals surface area contributed by atoms with E-state index in [1.165, 1.54) is 18.7 Å². The smallest absolute Gasteiger partial charge is 0.327 e. The zero-order valence-electron chi connectivity index (χ0n) is 8.71. The lowest BCUT2D eigenvalue weighted by atomic mass is 10.3. The summed E-state index contributed by atoms with van der Waals surface area (Å²) in [6, 6.07) is -0.923. The van der Waals surface area contributed by atoms with Gasteiger partial charge >= 0.3 is 5.97 Å². The quantitative estimate of drug-likeness (QED) is 0.680. The number of aliphatic carboxylic acids is 1. The van der Waals surface area contributed by atoms with Crippen LogP contribution in [0.15, 0.2) is 12.2 Å². The number of hydrogen-bond donors (Lipinski definition) is 2. The van der Waals surface area contributed by atoms with Gasteiger partial charge in [0.2, 0.25) is 5.91 Å². The molecule has 1 rings (SSSR count). The molecule has 0 saturated heterocycles. The Balaban J connectivity index is 2.43. The molecule has 1 heterocycles. The molecule has 0 aromatic heterocycles. The molecule has 0 aromatic carbocycles. The van der Waals surface area contributed by atoms with Crippen LogP contribution in [0, 0.1) is 0 Å². The van der Waals surface area contributed by atoms with Crippen molar-refractivity contribution in [3.8, 4) is 0 Å². The van der Waals surface area contributed by atoms with E-state index in [1.54, 1.807) is 0 Å². The minimum absolute atomic E-state index is 0.157. The number of hydrogen-bond acceptors (Lipinski definition) is 4. The van der Waals surface area contributed by atoms with Crippen molar-refractivity contribution in [3.05, 3.63) is 12.2 Å². The van der Waals surface area contributed by atoms with Crippen molar-refractivity contribution in [3.63, 3.8) is 0 Å². The zero-order chi connectivity index (χ0) is 12.1. The second-order valence-corrected chi connectivity index (χ2v) is 6.34. The van der Waals surface area contributed by atoms with Gasteiger partial charge in [-0.3, -0.25) is 9.00 Å². The molecule has 90 valence electrons. The summed E-state index contributed by atoms with van der Waals surface area (Å²) in [4.78, 5) is 21.6. The van der Waals surface area contributed by atoms with Gasteiger partial charge in [-0.2, -0.15) is 0 Å². The summed E-state index contributed by atoms with van der Waals surface area (Å²) < 4.78 is 11.2. The third kappa shape index (κ3) is 3.97. The maximum atomic E-state index is 11.4. The molecule has 1 aliphatic rings. The van der Waals surface area contributed by atoms with Gasteiger partial charge < -0.3 is 10.4 Å². The lowest BCUT2D eigenvalue weighted by Gasteiger charge is -2.14. The number of nitrogens with one attached hydrogen (secondary N) is 1. The molecule has 3 atom stereocenters. The summed E-state index contributed by atoms with van der Waals surface area (Å²) in [5.74, 6) is -0.711. The van der Waals surface area contributed by atoms with Crippen LogP contribution in [-0.2, 0) is 20.4 Å². The Morgan fingerprint density at radius 3 is 2.81 bits per heavy atom. The van der Waals surface area contributed by atoms with Gasteiger partial charge in [-0.25, -0.2) is 4.79 Å². The predicted molar refractivity (Wildman–Crippen MR) is 63.6 cm³/mol. The number of carbonyl (C=O) groups excluding carboxylic acids is 1. The normalized spacial score (nSPS) is 25.3. The maximum Gasteiger partial charge on any atom is 0.327 e. The van der Waals surface area contributed by atoms with Crippen molar-refractivity contribution in [2.24, 2.45) is 0 Å².